The molecule has 9 heteroatoms. The van der Waals surface area contributed by atoms with Gasteiger partial charge in [-0.2, -0.15) is 13.2 Å². The quantitative estimate of drug-likeness (QED) is 0.662. The van der Waals surface area contributed by atoms with E-state index in [-0.39, 0.29) is 12.2 Å². The summed E-state index contributed by atoms with van der Waals surface area (Å²) >= 11 is 0. The second-order valence-electron chi connectivity index (χ2n) is 4.75. The number of alkyl halides is 3. The smallest absolute Gasteiger partial charge is 0.383 e. The van der Waals surface area contributed by atoms with Gasteiger partial charge in [0, 0.05) is 26.2 Å². The van der Waals surface area contributed by atoms with Crippen LogP contribution in [0.3, 0.4) is 0 Å². The van der Waals surface area contributed by atoms with Crippen molar-refractivity contribution in [2.75, 3.05) is 31.5 Å². The van der Waals surface area contributed by atoms with Crippen molar-refractivity contribution in [3.63, 3.8) is 0 Å². The van der Waals surface area contributed by atoms with E-state index >= 15 is 0 Å². The number of nitrogens with zero attached hydrogens (tertiary/aromatic N) is 1. The predicted molar refractivity (Wildman–Crippen MR) is 73.7 cm³/mol. The molecule has 0 aromatic heterocycles. The number of benzene rings is 1. The Balaban J connectivity index is 2.17. The first-order valence-corrected chi connectivity index (χ1v) is 7.92. The molecular formula is C13H14F4N2O2S. The summed E-state index contributed by atoms with van der Waals surface area (Å²) in [6.45, 7) is 2.24. The Kier molecular flexibility index (Phi) is 4.76. The molecule has 1 aliphatic heterocycles. The zero-order valence-corrected chi connectivity index (χ0v) is 12.2. The average Bonchev–Trinajstić information content (AvgIpc) is 2.92. The van der Waals surface area contributed by atoms with Crippen molar-refractivity contribution in [1.29, 1.82) is 0 Å². The maximum Gasteiger partial charge on any atom is 0.501 e. The maximum absolute atomic E-state index is 13.2. The Hall–Kier alpha value is -1.61. The minimum atomic E-state index is -5.61. The average molecular weight is 338 g/mol. The summed E-state index contributed by atoms with van der Waals surface area (Å²) in [6, 6.07) is 2.29. The summed E-state index contributed by atoms with van der Waals surface area (Å²) in [5.41, 5.74) is -5.73. The highest BCUT2D eigenvalue weighted by Gasteiger charge is 2.48. The van der Waals surface area contributed by atoms with Crippen LogP contribution in [0.5, 0.6) is 0 Å². The zero-order chi connectivity index (χ0) is 16.4. The van der Waals surface area contributed by atoms with Crippen LogP contribution >= 0.6 is 0 Å². The first kappa shape index (κ1) is 16.8. The highest BCUT2D eigenvalue weighted by molar-refractivity contribution is 7.92. The standard InChI is InChI=1S/C13H14F4N2O2S/c14-10-3-4-11(18-5-8-19-6-1-2-7-19)12(9-10)22(20,21)13(15,16)17/h1-4,9,18H,5-8H2. The van der Waals surface area contributed by atoms with Crippen LogP contribution in [0.25, 0.3) is 0 Å². The molecule has 22 heavy (non-hydrogen) atoms. The van der Waals surface area contributed by atoms with Gasteiger partial charge in [0.05, 0.1) is 5.69 Å². The van der Waals surface area contributed by atoms with Crippen molar-refractivity contribution >= 4 is 15.5 Å². The molecule has 0 spiro atoms. The second-order valence-corrected chi connectivity index (χ2v) is 6.66. The molecular weight excluding hydrogens is 324 g/mol. The molecule has 0 amide bonds. The lowest BCUT2D eigenvalue weighted by Gasteiger charge is -2.17. The van der Waals surface area contributed by atoms with Crippen LogP contribution in [0.4, 0.5) is 23.2 Å². The van der Waals surface area contributed by atoms with E-state index in [1.165, 1.54) is 0 Å². The molecule has 1 N–H and O–H groups in total. The lowest BCUT2D eigenvalue weighted by molar-refractivity contribution is -0.0435. The number of nitrogens with one attached hydrogen (secondary N) is 1. The second kappa shape index (κ2) is 6.25. The number of sulfone groups is 1. The number of rotatable bonds is 5. The number of hydrogen-bond donors (Lipinski definition) is 1. The summed E-state index contributed by atoms with van der Waals surface area (Å²) in [6.07, 6.45) is 3.91. The number of anilines is 1. The van der Waals surface area contributed by atoms with Gasteiger partial charge in [0.2, 0.25) is 0 Å². The molecule has 0 saturated carbocycles. The predicted octanol–water partition coefficient (Wildman–Crippen LogP) is 2.40. The summed E-state index contributed by atoms with van der Waals surface area (Å²) in [5.74, 6) is -1.04. The van der Waals surface area contributed by atoms with Crippen molar-refractivity contribution in [3.8, 4) is 0 Å². The van der Waals surface area contributed by atoms with Gasteiger partial charge in [-0.25, -0.2) is 12.8 Å². The number of hydrogen-bond acceptors (Lipinski definition) is 4. The third-order valence-corrected chi connectivity index (χ3v) is 4.70. The van der Waals surface area contributed by atoms with E-state index in [1.54, 1.807) is 0 Å². The monoisotopic (exact) mass is 338 g/mol. The SMILES string of the molecule is O=S(=O)(c1cc(F)ccc1NCCN1CC=CC1)C(F)(F)F. The van der Waals surface area contributed by atoms with Gasteiger partial charge in [0.15, 0.2) is 0 Å². The van der Waals surface area contributed by atoms with Crippen LogP contribution in [-0.2, 0) is 9.84 Å². The molecule has 0 saturated heterocycles. The maximum atomic E-state index is 13.2. The van der Waals surface area contributed by atoms with Gasteiger partial charge < -0.3 is 5.32 Å². The summed E-state index contributed by atoms with van der Waals surface area (Å²) < 4.78 is 74.1. The molecule has 0 radical (unpaired) electrons. The Morgan fingerprint density at radius 2 is 1.82 bits per heavy atom. The van der Waals surface area contributed by atoms with Gasteiger partial charge in [-0.3, -0.25) is 4.90 Å². The van der Waals surface area contributed by atoms with Gasteiger partial charge in [0.25, 0.3) is 9.84 Å². The third kappa shape index (κ3) is 3.58. The Bertz CT molecular complexity index is 663. The molecule has 0 bridgehead atoms. The van der Waals surface area contributed by atoms with Crippen LogP contribution in [0.1, 0.15) is 0 Å². The van der Waals surface area contributed by atoms with E-state index in [2.05, 4.69) is 5.32 Å². The topological polar surface area (TPSA) is 49.4 Å². The molecule has 0 unspecified atom stereocenters. The van der Waals surface area contributed by atoms with Crippen molar-refractivity contribution in [2.45, 2.75) is 10.4 Å². The largest absolute Gasteiger partial charge is 0.501 e. The molecule has 1 heterocycles. The summed E-state index contributed by atoms with van der Waals surface area (Å²) in [5, 5.41) is 2.63. The van der Waals surface area contributed by atoms with Crippen molar-refractivity contribution < 1.29 is 26.0 Å². The van der Waals surface area contributed by atoms with E-state index in [0.717, 1.165) is 25.2 Å². The molecule has 0 aliphatic carbocycles. The van der Waals surface area contributed by atoms with Crippen LogP contribution in [0.2, 0.25) is 0 Å². The van der Waals surface area contributed by atoms with Crippen LogP contribution in [-0.4, -0.2) is 45.0 Å². The molecule has 0 atom stereocenters. The molecule has 1 aromatic rings. The fraction of sp³-hybridized carbons (Fsp3) is 0.385. The van der Waals surface area contributed by atoms with Crippen LogP contribution < -0.4 is 5.32 Å². The molecule has 1 aromatic carbocycles. The van der Waals surface area contributed by atoms with Crippen LogP contribution in [0.15, 0.2) is 35.2 Å². The van der Waals surface area contributed by atoms with E-state index < -0.39 is 26.1 Å². The minimum absolute atomic E-state index is 0.244. The molecule has 4 nitrogen and oxygen atoms in total. The van der Waals surface area contributed by atoms with Crippen LogP contribution in [0, 0.1) is 5.82 Å². The van der Waals surface area contributed by atoms with E-state index in [4.69, 9.17) is 0 Å². The Morgan fingerprint density at radius 1 is 1.18 bits per heavy atom. The molecule has 0 fully saturated rings. The van der Waals surface area contributed by atoms with Gasteiger partial charge in [-0.15, -0.1) is 0 Å². The van der Waals surface area contributed by atoms with Gasteiger partial charge in [0.1, 0.15) is 10.7 Å². The lowest BCUT2D eigenvalue weighted by Crippen LogP contribution is -2.28. The lowest BCUT2D eigenvalue weighted by atomic mass is 10.3. The molecule has 122 valence electrons. The molecule has 2 rings (SSSR count). The van der Waals surface area contributed by atoms with Gasteiger partial charge >= 0.3 is 5.51 Å². The Labute approximate surface area is 125 Å². The fourth-order valence-electron chi connectivity index (χ4n) is 2.04. The van der Waals surface area contributed by atoms with Gasteiger partial charge in [-0.05, 0) is 18.2 Å². The molecule has 1 aliphatic rings. The normalized spacial score (nSPS) is 16.2. The highest BCUT2D eigenvalue weighted by Crippen LogP contribution is 2.34. The minimum Gasteiger partial charge on any atom is -0.383 e. The van der Waals surface area contributed by atoms with E-state index in [1.807, 2.05) is 17.1 Å². The first-order valence-electron chi connectivity index (χ1n) is 6.44. The Morgan fingerprint density at radius 3 is 2.41 bits per heavy atom. The highest BCUT2D eigenvalue weighted by atomic mass is 32.2. The van der Waals surface area contributed by atoms with Crippen molar-refractivity contribution in [1.82, 2.24) is 4.90 Å². The van der Waals surface area contributed by atoms with Crippen molar-refractivity contribution in [3.05, 3.63) is 36.2 Å². The third-order valence-electron chi connectivity index (χ3n) is 3.18. The van der Waals surface area contributed by atoms with E-state index in [0.29, 0.717) is 12.6 Å². The van der Waals surface area contributed by atoms with Gasteiger partial charge in [-0.1, -0.05) is 12.2 Å². The fourth-order valence-corrected chi connectivity index (χ4v) is 2.99. The first-order chi connectivity index (χ1) is 10.2. The summed E-state index contributed by atoms with van der Waals surface area (Å²) in [7, 11) is -5.61. The summed E-state index contributed by atoms with van der Waals surface area (Å²) in [4.78, 5) is 0.911. The van der Waals surface area contributed by atoms with E-state index in [9.17, 15) is 26.0 Å². The zero-order valence-electron chi connectivity index (χ0n) is 11.4. The number of halogens is 4. The van der Waals surface area contributed by atoms with Crippen molar-refractivity contribution in [2.24, 2.45) is 0 Å².